The Hall–Kier alpha value is -1.55. The van der Waals surface area contributed by atoms with E-state index in [-0.39, 0.29) is 5.97 Å². The Bertz CT molecular complexity index is 482. The van der Waals surface area contributed by atoms with Gasteiger partial charge in [0.25, 0.3) is 0 Å². The van der Waals surface area contributed by atoms with Crippen LogP contribution in [0.25, 0.3) is 0 Å². The van der Waals surface area contributed by atoms with Crippen molar-refractivity contribution in [2.45, 2.75) is 51.6 Å². The molecule has 0 radical (unpaired) electrons. The highest BCUT2D eigenvalue weighted by atomic mass is 16.5. The first-order valence-corrected chi connectivity index (χ1v) is 7.87. The number of hydrogen-bond acceptors (Lipinski definition) is 4. The van der Waals surface area contributed by atoms with Gasteiger partial charge in [-0.05, 0) is 50.6 Å². The zero-order valence-corrected chi connectivity index (χ0v) is 13.1. The number of esters is 1. The molecule has 0 aromatic heterocycles. The molecule has 0 saturated heterocycles. The Labute approximate surface area is 127 Å². The lowest BCUT2D eigenvalue weighted by molar-refractivity contribution is 0.0526. The number of benzene rings is 1. The van der Waals surface area contributed by atoms with Crippen LogP contribution in [0.15, 0.2) is 18.2 Å². The van der Waals surface area contributed by atoms with Crippen molar-refractivity contribution in [3.63, 3.8) is 0 Å². The number of ether oxygens (including phenoxy) is 1. The van der Waals surface area contributed by atoms with Crippen molar-refractivity contribution in [3.8, 4) is 0 Å². The molecule has 1 aromatic rings. The SMILES string of the molecule is CCOC(=O)c1ccc(N)c(CN(C)C2CCCCC2)c1. The van der Waals surface area contributed by atoms with Gasteiger partial charge in [-0.1, -0.05) is 19.3 Å². The number of carbonyl (C=O) groups is 1. The monoisotopic (exact) mass is 290 g/mol. The average molecular weight is 290 g/mol. The van der Waals surface area contributed by atoms with Crippen LogP contribution in [0.2, 0.25) is 0 Å². The summed E-state index contributed by atoms with van der Waals surface area (Å²) in [6.45, 7) is 2.98. The van der Waals surface area contributed by atoms with Crippen molar-refractivity contribution in [2.24, 2.45) is 0 Å². The summed E-state index contributed by atoms with van der Waals surface area (Å²) < 4.78 is 5.05. The first-order valence-electron chi connectivity index (χ1n) is 7.87. The molecule has 1 fully saturated rings. The maximum Gasteiger partial charge on any atom is 0.338 e. The number of carbonyl (C=O) groups excluding carboxylic acids is 1. The van der Waals surface area contributed by atoms with E-state index in [1.807, 2.05) is 13.0 Å². The molecule has 0 heterocycles. The summed E-state index contributed by atoms with van der Waals surface area (Å²) in [5.74, 6) is -0.279. The fourth-order valence-corrected chi connectivity index (χ4v) is 3.00. The molecule has 1 aliphatic carbocycles. The molecule has 1 aliphatic rings. The minimum absolute atomic E-state index is 0.279. The Morgan fingerprint density at radius 1 is 1.33 bits per heavy atom. The third-order valence-corrected chi connectivity index (χ3v) is 4.27. The van der Waals surface area contributed by atoms with Gasteiger partial charge in [0.15, 0.2) is 0 Å². The van der Waals surface area contributed by atoms with E-state index in [2.05, 4.69) is 11.9 Å². The van der Waals surface area contributed by atoms with E-state index in [1.165, 1.54) is 32.1 Å². The van der Waals surface area contributed by atoms with E-state index in [4.69, 9.17) is 10.5 Å². The molecule has 0 bridgehead atoms. The van der Waals surface area contributed by atoms with Crippen LogP contribution in [0.4, 0.5) is 5.69 Å². The first kappa shape index (κ1) is 15.8. The van der Waals surface area contributed by atoms with E-state index in [9.17, 15) is 4.79 Å². The number of nitrogens with two attached hydrogens (primary N) is 1. The number of nitrogen functional groups attached to an aromatic ring is 1. The average Bonchev–Trinajstić information content (AvgIpc) is 2.50. The van der Waals surface area contributed by atoms with E-state index in [1.54, 1.807) is 12.1 Å². The van der Waals surface area contributed by atoms with Crippen molar-refractivity contribution >= 4 is 11.7 Å². The summed E-state index contributed by atoms with van der Waals surface area (Å²) in [4.78, 5) is 14.2. The predicted molar refractivity (Wildman–Crippen MR) is 85.2 cm³/mol. The number of nitrogens with zero attached hydrogens (tertiary/aromatic N) is 1. The Morgan fingerprint density at radius 2 is 2.05 bits per heavy atom. The van der Waals surface area contributed by atoms with Gasteiger partial charge in [-0.3, -0.25) is 4.90 Å². The summed E-state index contributed by atoms with van der Waals surface area (Å²) in [5, 5.41) is 0. The molecular formula is C17H26N2O2. The van der Waals surface area contributed by atoms with Gasteiger partial charge in [0.05, 0.1) is 12.2 Å². The normalized spacial score (nSPS) is 16.1. The molecule has 1 saturated carbocycles. The second-order valence-electron chi connectivity index (χ2n) is 5.84. The van der Waals surface area contributed by atoms with Gasteiger partial charge >= 0.3 is 5.97 Å². The molecule has 2 N–H and O–H groups in total. The predicted octanol–water partition coefficient (Wildman–Crippen LogP) is 3.21. The van der Waals surface area contributed by atoms with Crippen LogP contribution in [0.1, 0.15) is 54.9 Å². The van der Waals surface area contributed by atoms with Crippen LogP contribution in [0.5, 0.6) is 0 Å². The van der Waals surface area contributed by atoms with Gasteiger partial charge in [-0.2, -0.15) is 0 Å². The van der Waals surface area contributed by atoms with Crippen molar-refractivity contribution in [1.29, 1.82) is 0 Å². The van der Waals surface area contributed by atoms with Crippen molar-refractivity contribution in [2.75, 3.05) is 19.4 Å². The molecule has 0 unspecified atom stereocenters. The third kappa shape index (κ3) is 4.21. The van der Waals surface area contributed by atoms with Crippen LogP contribution in [-0.2, 0) is 11.3 Å². The molecule has 116 valence electrons. The Kier molecular flexibility index (Phi) is 5.62. The van der Waals surface area contributed by atoms with Gasteiger partial charge in [0.2, 0.25) is 0 Å². The molecule has 0 amide bonds. The van der Waals surface area contributed by atoms with Crippen molar-refractivity contribution in [1.82, 2.24) is 4.90 Å². The number of hydrogen-bond donors (Lipinski definition) is 1. The van der Waals surface area contributed by atoms with E-state index < -0.39 is 0 Å². The molecule has 0 aliphatic heterocycles. The molecule has 4 heteroatoms. The lowest BCUT2D eigenvalue weighted by Crippen LogP contribution is -2.33. The summed E-state index contributed by atoms with van der Waals surface area (Å²) >= 11 is 0. The van der Waals surface area contributed by atoms with Gasteiger partial charge in [0, 0.05) is 18.3 Å². The summed E-state index contributed by atoms with van der Waals surface area (Å²) in [6, 6.07) is 6.03. The fraction of sp³-hybridized carbons (Fsp3) is 0.588. The number of anilines is 1. The maximum atomic E-state index is 11.8. The zero-order valence-electron chi connectivity index (χ0n) is 13.1. The summed E-state index contributed by atoms with van der Waals surface area (Å²) in [7, 11) is 2.15. The Morgan fingerprint density at radius 3 is 2.71 bits per heavy atom. The minimum Gasteiger partial charge on any atom is -0.462 e. The third-order valence-electron chi connectivity index (χ3n) is 4.27. The molecule has 0 spiro atoms. The van der Waals surface area contributed by atoms with Crippen molar-refractivity contribution in [3.05, 3.63) is 29.3 Å². The molecule has 1 aromatic carbocycles. The maximum absolute atomic E-state index is 11.8. The van der Waals surface area contributed by atoms with Gasteiger partial charge < -0.3 is 10.5 Å². The van der Waals surface area contributed by atoms with E-state index in [0.29, 0.717) is 18.2 Å². The highest BCUT2D eigenvalue weighted by Crippen LogP contribution is 2.24. The lowest BCUT2D eigenvalue weighted by Gasteiger charge is -2.31. The van der Waals surface area contributed by atoms with Crippen LogP contribution in [0.3, 0.4) is 0 Å². The van der Waals surface area contributed by atoms with E-state index in [0.717, 1.165) is 17.8 Å². The molecule has 2 rings (SSSR count). The second kappa shape index (κ2) is 7.46. The summed E-state index contributed by atoms with van der Waals surface area (Å²) in [5.41, 5.74) is 8.39. The van der Waals surface area contributed by atoms with Gasteiger partial charge in [0.1, 0.15) is 0 Å². The quantitative estimate of drug-likeness (QED) is 0.668. The van der Waals surface area contributed by atoms with Crippen LogP contribution >= 0.6 is 0 Å². The zero-order chi connectivity index (χ0) is 15.2. The second-order valence-corrected chi connectivity index (χ2v) is 5.84. The largest absolute Gasteiger partial charge is 0.462 e. The summed E-state index contributed by atoms with van der Waals surface area (Å²) in [6.07, 6.45) is 6.49. The van der Waals surface area contributed by atoms with Crippen LogP contribution < -0.4 is 5.73 Å². The standard InChI is InChI=1S/C17H26N2O2/c1-3-21-17(20)13-9-10-16(18)14(11-13)12-19(2)15-7-5-4-6-8-15/h9-11,15H,3-8,12,18H2,1-2H3. The molecule has 4 nitrogen and oxygen atoms in total. The first-order chi connectivity index (χ1) is 10.1. The Balaban J connectivity index is 2.07. The highest BCUT2D eigenvalue weighted by Gasteiger charge is 2.19. The molecule has 0 atom stereocenters. The molecule has 21 heavy (non-hydrogen) atoms. The fourth-order valence-electron chi connectivity index (χ4n) is 3.00. The van der Waals surface area contributed by atoms with Gasteiger partial charge in [-0.15, -0.1) is 0 Å². The minimum atomic E-state index is -0.279. The van der Waals surface area contributed by atoms with Crippen LogP contribution in [0, 0.1) is 0 Å². The number of rotatable bonds is 5. The molecular weight excluding hydrogens is 264 g/mol. The van der Waals surface area contributed by atoms with Gasteiger partial charge in [-0.25, -0.2) is 4.79 Å². The van der Waals surface area contributed by atoms with E-state index >= 15 is 0 Å². The highest BCUT2D eigenvalue weighted by molar-refractivity contribution is 5.90. The van der Waals surface area contributed by atoms with Crippen LogP contribution in [-0.4, -0.2) is 30.6 Å². The smallest absolute Gasteiger partial charge is 0.338 e. The topological polar surface area (TPSA) is 55.6 Å². The van der Waals surface area contributed by atoms with Crippen molar-refractivity contribution < 1.29 is 9.53 Å². The lowest BCUT2D eigenvalue weighted by atomic mass is 9.94.